The van der Waals surface area contributed by atoms with Gasteiger partial charge in [0.2, 0.25) is 11.8 Å². The molecule has 3 amide bonds. The van der Waals surface area contributed by atoms with Gasteiger partial charge in [-0.2, -0.15) is 13.2 Å². The molecule has 13 heteroatoms. The van der Waals surface area contributed by atoms with Crippen LogP contribution >= 0.6 is 0 Å². The maximum atomic E-state index is 14.0. The topological polar surface area (TPSA) is 114 Å². The third-order valence-corrected chi connectivity index (χ3v) is 6.62. The Kier molecular flexibility index (Phi) is 8.86. The highest BCUT2D eigenvalue weighted by molar-refractivity contribution is 5.80. The number of morpholine rings is 1. The van der Waals surface area contributed by atoms with Crippen LogP contribution in [-0.2, 0) is 38.2 Å². The van der Waals surface area contributed by atoms with Gasteiger partial charge in [-0.3, -0.25) is 9.59 Å². The van der Waals surface area contributed by atoms with Crippen LogP contribution in [0.2, 0.25) is 0 Å². The molecular formula is C28H34F3N5O5. The predicted octanol–water partition coefficient (Wildman–Crippen LogP) is 3.58. The molecule has 10 nitrogen and oxygen atoms in total. The summed E-state index contributed by atoms with van der Waals surface area (Å²) in [4.78, 5) is 49.6. The molecule has 0 radical (unpaired) electrons. The van der Waals surface area contributed by atoms with Crippen LogP contribution in [0.15, 0.2) is 30.3 Å². The molecular weight excluding hydrogens is 543 g/mol. The summed E-state index contributed by atoms with van der Waals surface area (Å²) in [6.07, 6.45) is -5.92. The predicted molar refractivity (Wildman–Crippen MR) is 141 cm³/mol. The maximum absolute atomic E-state index is 14.0. The lowest BCUT2D eigenvalue weighted by atomic mass is 10.0. The van der Waals surface area contributed by atoms with Crippen LogP contribution in [0.3, 0.4) is 0 Å². The fraction of sp³-hybridized carbons (Fsp3) is 0.536. The summed E-state index contributed by atoms with van der Waals surface area (Å²) in [7, 11) is 0. The summed E-state index contributed by atoms with van der Waals surface area (Å²) in [6.45, 7) is 7.01. The lowest BCUT2D eigenvalue weighted by Crippen LogP contribution is -2.53. The number of fused-ring (bicyclic) bond motifs is 1. The highest BCUT2D eigenvalue weighted by atomic mass is 19.4. The van der Waals surface area contributed by atoms with Crippen LogP contribution in [0.25, 0.3) is 11.4 Å². The number of ether oxygens (including phenoxy) is 2. The average Bonchev–Trinajstić information content (AvgIpc) is 2.88. The van der Waals surface area contributed by atoms with Crippen LogP contribution in [0.1, 0.15) is 51.1 Å². The van der Waals surface area contributed by atoms with Crippen LogP contribution in [0.4, 0.5) is 18.0 Å². The molecule has 1 fully saturated rings. The first-order valence-electron chi connectivity index (χ1n) is 13.4. The number of amides is 3. The van der Waals surface area contributed by atoms with E-state index in [4.69, 9.17) is 9.47 Å². The van der Waals surface area contributed by atoms with Crippen molar-refractivity contribution < 1.29 is 37.0 Å². The first-order valence-corrected chi connectivity index (χ1v) is 13.4. The van der Waals surface area contributed by atoms with Crippen molar-refractivity contribution in [1.82, 2.24) is 25.1 Å². The highest BCUT2D eigenvalue weighted by Crippen LogP contribution is 2.35. The molecule has 1 aromatic carbocycles. The molecule has 1 saturated heterocycles. The monoisotopic (exact) mass is 577 g/mol. The second kappa shape index (κ2) is 12.0. The third kappa shape index (κ3) is 7.93. The van der Waals surface area contributed by atoms with E-state index in [-0.39, 0.29) is 74.7 Å². The van der Waals surface area contributed by atoms with Crippen molar-refractivity contribution in [2.75, 3.05) is 26.2 Å². The van der Waals surface area contributed by atoms with Gasteiger partial charge in [0, 0.05) is 37.2 Å². The van der Waals surface area contributed by atoms with Crippen molar-refractivity contribution in [2.24, 2.45) is 0 Å². The van der Waals surface area contributed by atoms with E-state index < -0.39 is 35.5 Å². The summed E-state index contributed by atoms with van der Waals surface area (Å²) in [6, 6.07) is 7.53. The van der Waals surface area contributed by atoms with Crippen molar-refractivity contribution in [3.05, 3.63) is 47.3 Å². The number of aromatic nitrogens is 2. The standard InChI is InChI=1S/C28H34F3N5O5/c1-17-13-36(23(38)16-40-17)14-19(32-26(39)41-27(2,3)4)12-22(37)35-11-10-20-21(15-35)33-25(18-8-6-5-7-9-18)34-24(20)28(29,30)31/h5-9,17,19H,10-16H2,1-4H3,(H,32,39)/t17-,19-/m0/s1. The van der Waals surface area contributed by atoms with Gasteiger partial charge in [0.05, 0.1) is 24.4 Å². The number of carbonyl (C=O) groups excluding carboxylic acids is 3. The number of rotatable bonds is 6. The van der Waals surface area contributed by atoms with Crippen LogP contribution in [0, 0.1) is 0 Å². The minimum absolute atomic E-state index is 0.0234. The van der Waals surface area contributed by atoms with E-state index in [1.54, 1.807) is 51.1 Å². The SMILES string of the molecule is C[C@H]1CN(C[C@H](CC(=O)N2CCc3c(nc(-c4ccccc4)nc3C(F)(F)F)C2)NC(=O)OC(C)(C)C)C(=O)CO1. The number of alkyl carbamates (subject to hydrolysis) is 1. The molecule has 2 aliphatic heterocycles. The number of halogens is 3. The highest BCUT2D eigenvalue weighted by Gasteiger charge is 2.39. The quantitative estimate of drug-likeness (QED) is 0.558. The molecule has 4 rings (SSSR count). The van der Waals surface area contributed by atoms with Crippen molar-refractivity contribution in [3.63, 3.8) is 0 Å². The molecule has 222 valence electrons. The number of carbonyl (C=O) groups is 3. The van der Waals surface area contributed by atoms with E-state index in [2.05, 4.69) is 15.3 Å². The van der Waals surface area contributed by atoms with Gasteiger partial charge < -0.3 is 24.6 Å². The number of nitrogens with zero attached hydrogens (tertiary/aromatic N) is 4. The molecule has 0 saturated carbocycles. The van der Waals surface area contributed by atoms with Crippen LogP contribution in [0.5, 0.6) is 0 Å². The van der Waals surface area contributed by atoms with Gasteiger partial charge in [-0.1, -0.05) is 30.3 Å². The molecule has 2 aromatic rings. The molecule has 0 unspecified atom stereocenters. The first kappa shape index (κ1) is 30.2. The Balaban J connectivity index is 1.55. The van der Waals surface area contributed by atoms with E-state index in [0.29, 0.717) is 5.56 Å². The van der Waals surface area contributed by atoms with Crippen molar-refractivity contribution >= 4 is 17.9 Å². The Morgan fingerprint density at radius 2 is 1.88 bits per heavy atom. The van der Waals surface area contributed by atoms with Crippen LogP contribution in [-0.4, -0.2) is 81.7 Å². The van der Waals surface area contributed by atoms with Gasteiger partial charge in [0.25, 0.3) is 0 Å². The molecule has 0 spiro atoms. The molecule has 2 aliphatic rings. The zero-order valence-electron chi connectivity index (χ0n) is 23.5. The largest absolute Gasteiger partial charge is 0.444 e. The van der Waals surface area contributed by atoms with Crippen molar-refractivity contribution in [1.29, 1.82) is 0 Å². The van der Waals surface area contributed by atoms with E-state index >= 15 is 0 Å². The number of alkyl halides is 3. The zero-order chi connectivity index (χ0) is 29.9. The minimum Gasteiger partial charge on any atom is -0.444 e. The Morgan fingerprint density at radius 3 is 2.54 bits per heavy atom. The zero-order valence-corrected chi connectivity index (χ0v) is 23.5. The Labute approximate surface area is 236 Å². The summed E-state index contributed by atoms with van der Waals surface area (Å²) >= 11 is 0. The number of hydrogen-bond donors (Lipinski definition) is 1. The first-order chi connectivity index (χ1) is 19.2. The van der Waals surface area contributed by atoms with Crippen molar-refractivity contribution in [3.8, 4) is 11.4 Å². The smallest absolute Gasteiger partial charge is 0.433 e. The van der Waals surface area contributed by atoms with Gasteiger partial charge in [0.15, 0.2) is 11.5 Å². The lowest BCUT2D eigenvalue weighted by Gasteiger charge is -2.35. The molecule has 3 heterocycles. The Morgan fingerprint density at radius 1 is 1.17 bits per heavy atom. The Bertz CT molecular complexity index is 1280. The van der Waals surface area contributed by atoms with Crippen molar-refractivity contribution in [2.45, 2.75) is 71.0 Å². The summed E-state index contributed by atoms with van der Waals surface area (Å²) in [5.41, 5.74) is -1.27. The molecule has 2 atom stereocenters. The third-order valence-electron chi connectivity index (χ3n) is 6.62. The second-order valence-electron chi connectivity index (χ2n) is 11.2. The molecule has 41 heavy (non-hydrogen) atoms. The average molecular weight is 578 g/mol. The van der Waals surface area contributed by atoms with E-state index in [9.17, 15) is 27.6 Å². The van der Waals surface area contributed by atoms with Gasteiger partial charge in [0.1, 0.15) is 12.2 Å². The Hall–Kier alpha value is -3.74. The van der Waals surface area contributed by atoms with Gasteiger partial charge in [-0.15, -0.1) is 0 Å². The molecule has 1 N–H and O–H groups in total. The van der Waals surface area contributed by atoms with E-state index in [0.717, 1.165) is 0 Å². The minimum atomic E-state index is -4.69. The van der Waals surface area contributed by atoms with Gasteiger partial charge >= 0.3 is 12.3 Å². The van der Waals surface area contributed by atoms with E-state index in [1.165, 1.54) is 9.80 Å². The second-order valence-corrected chi connectivity index (χ2v) is 11.2. The molecule has 0 aliphatic carbocycles. The normalized spacial score (nSPS) is 18.5. The number of hydrogen-bond acceptors (Lipinski definition) is 7. The van der Waals surface area contributed by atoms with Gasteiger partial charge in [-0.25, -0.2) is 14.8 Å². The number of benzene rings is 1. The summed E-state index contributed by atoms with van der Waals surface area (Å²) in [5, 5.41) is 2.69. The summed E-state index contributed by atoms with van der Waals surface area (Å²) in [5.74, 6) is -0.752. The molecule has 0 bridgehead atoms. The fourth-order valence-corrected chi connectivity index (χ4v) is 4.78. The number of nitrogens with one attached hydrogen (secondary N) is 1. The maximum Gasteiger partial charge on any atom is 0.433 e. The summed E-state index contributed by atoms with van der Waals surface area (Å²) < 4.78 is 52.6. The lowest BCUT2D eigenvalue weighted by molar-refractivity contribution is -0.149. The van der Waals surface area contributed by atoms with Crippen LogP contribution < -0.4 is 5.32 Å². The molecule has 1 aromatic heterocycles. The van der Waals surface area contributed by atoms with E-state index in [1.807, 2.05) is 6.92 Å². The fourth-order valence-electron chi connectivity index (χ4n) is 4.78. The van der Waals surface area contributed by atoms with Gasteiger partial charge in [-0.05, 0) is 34.1 Å².